The summed E-state index contributed by atoms with van der Waals surface area (Å²) in [6.45, 7) is 7.94. The van der Waals surface area contributed by atoms with E-state index in [1.54, 1.807) is 11.8 Å². The first kappa shape index (κ1) is 23.1. The molecule has 1 spiro atoms. The highest BCUT2D eigenvalue weighted by Crippen LogP contribution is 2.40. The van der Waals surface area contributed by atoms with Crippen LogP contribution in [0, 0.1) is 5.82 Å². The molecule has 4 nitrogen and oxygen atoms in total. The van der Waals surface area contributed by atoms with Crippen LogP contribution in [0.1, 0.15) is 39.5 Å². The summed E-state index contributed by atoms with van der Waals surface area (Å²) in [6, 6.07) is 17.4. The predicted molar refractivity (Wildman–Crippen MR) is 131 cm³/mol. The van der Waals surface area contributed by atoms with E-state index in [1.807, 2.05) is 18.2 Å². The highest BCUT2D eigenvalue weighted by atomic mass is 32.2. The van der Waals surface area contributed by atoms with Crippen LogP contribution >= 0.6 is 11.8 Å². The Kier molecular flexibility index (Phi) is 7.41. The molecule has 0 unspecified atom stereocenters. The van der Waals surface area contributed by atoms with Crippen LogP contribution < -0.4 is 4.90 Å². The van der Waals surface area contributed by atoms with Gasteiger partial charge in [0.1, 0.15) is 11.4 Å². The van der Waals surface area contributed by atoms with E-state index in [0.717, 1.165) is 61.7 Å². The fraction of sp³-hybridized carbons (Fsp3) is 0.500. The van der Waals surface area contributed by atoms with E-state index in [9.17, 15) is 9.18 Å². The fourth-order valence-electron chi connectivity index (χ4n) is 4.87. The van der Waals surface area contributed by atoms with Gasteiger partial charge in [-0.15, -0.1) is 11.8 Å². The van der Waals surface area contributed by atoms with Gasteiger partial charge in [0.25, 0.3) is 0 Å². The number of thioether (sulfide) groups is 1. The van der Waals surface area contributed by atoms with Crippen LogP contribution in [0.5, 0.6) is 0 Å². The highest BCUT2D eigenvalue weighted by Gasteiger charge is 2.54. The van der Waals surface area contributed by atoms with Gasteiger partial charge in [-0.2, -0.15) is 0 Å². The number of likely N-dealkylation sites (tertiary alicyclic amines) is 1. The Labute approximate surface area is 195 Å². The number of nitrogens with zero attached hydrogens (tertiary/aromatic N) is 3. The molecule has 1 amide bonds. The smallest absolute Gasteiger partial charge is 0.250 e. The van der Waals surface area contributed by atoms with E-state index in [1.165, 1.54) is 12.1 Å². The third-order valence-corrected chi connectivity index (χ3v) is 8.14. The summed E-state index contributed by atoms with van der Waals surface area (Å²) >= 11 is 1.78. The Morgan fingerprint density at radius 2 is 1.75 bits per heavy atom. The summed E-state index contributed by atoms with van der Waals surface area (Å²) in [5, 5.41) is 0. The lowest BCUT2D eigenvalue weighted by Crippen LogP contribution is -2.56. The molecule has 0 bridgehead atoms. The van der Waals surface area contributed by atoms with Crippen LogP contribution in [0.15, 0.2) is 59.5 Å². The van der Waals surface area contributed by atoms with Gasteiger partial charge in [0, 0.05) is 29.7 Å². The monoisotopic (exact) mass is 455 g/mol. The summed E-state index contributed by atoms with van der Waals surface area (Å²) in [7, 11) is 0. The van der Waals surface area contributed by atoms with Gasteiger partial charge >= 0.3 is 0 Å². The summed E-state index contributed by atoms with van der Waals surface area (Å²) < 4.78 is 13.0. The van der Waals surface area contributed by atoms with Gasteiger partial charge in [0.2, 0.25) is 5.91 Å². The number of carbonyl (C=O) groups is 1. The Morgan fingerprint density at radius 1 is 1.06 bits per heavy atom. The van der Waals surface area contributed by atoms with Gasteiger partial charge in [-0.05, 0) is 81.3 Å². The maximum absolute atomic E-state index is 13.6. The molecule has 2 aromatic carbocycles. The van der Waals surface area contributed by atoms with Crippen LogP contribution in [0.4, 0.5) is 10.1 Å². The molecule has 0 saturated carbocycles. The summed E-state index contributed by atoms with van der Waals surface area (Å²) in [4.78, 5) is 21.7. The number of benzene rings is 2. The topological polar surface area (TPSA) is 26.8 Å². The zero-order chi connectivity index (χ0) is 22.6. The molecule has 2 fully saturated rings. The van der Waals surface area contributed by atoms with Gasteiger partial charge in [0.05, 0.1) is 6.67 Å². The van der Waals surface area contributed by atoms with E-state index < -0.39 is 5.54 Å². The van der Waals surface area contributed by atoms with Crippen molar-refractivity contribution in [3.8, 4) is 0 Å². The van der Waals surface area contributed by atoms with Crippen molar-refractivity contribution in [2.24, 2.45) is 0 Å². The standard InChI is InChI=1S/C26H34FN3OS/c1-3-21(2)29-20-30(23-8-5-4-6-9-23)26(25(29)31)14-17-28(18-15-26)16-7-19-32-24-12-10-22(27)11-13-24/h4-6,8-13,21H,3,7,14-20H2,1-2H3/t21-/m0/s1. The molecule has 32 heavy (non-hydrogen) atoms. The van der Waals surface area contributed by atoms with Crippen LogP contribution in [-0.4, -0.2) is 59.3 Å². The Balaban J connectivity index is 1.36. The molecular weight excluding hydrogens is 421 g/mol. The zero-order valence-electron chi connectivity index (χ0n) is 19.2. The maximum atomic E-state index is 13.6. The molecule has 0 aromatic heterocycles. The number of anilines is 1. The Hall–Kier alpha value is -2.05. The summed E-state index contributed by atoms with van der Waals surface area (Å²) in [5.41, 5.74) is 0.736. The largest absolute Gasteiger partial charge is 0.339 e. The average molecular weight is 456 g/mol. The second-order valence-electron chi connectivity index (χ2n) is 8.97. The van der Waals surface area contributed by atoms with E-state index in [4.69, 9.17) is 0 Å². The van der Waals surface area contributed by atoms with Crippen molar-refractivity contribution in [1.29, 1.82) is 0 Å². The van der Waals surface area contributed by atoms with Gasteiger partial charge in [0.15, 0.2) is 0 Å². The van der Waals surface area contributed by atoms with Crippen molar-refractivity contribution in [3.05, 3.63) is 60.4 Å². The van der Waals surface area contributed by atoms with Crippen molar-refractivity contribution in [3.63, 3.8) is 0 Å². The number of para-hydroxylation sites is 1. The molecule has 0 radical (unpaired) electrons. The maximum Gasteiger partial charge on any atom is 0.250 e. The zero-order valence-corrected chi connectivity index (χ0v) is 20.0. The van der Waals surface area contributed by atoms with E-state index in [2.05, 4.69) is 52.8 Å². The molecular formula is C26H34FN3OS. The second-order valence-corrected chi connectivity index (χ2v) is 10.1. The predicted octanol–water partition coefficient (Wildman–Crippen LogP) is 5.25. The van der Waals surface area contributed by atoms with Crippen LogP contribution in [0.25, 0.3) is 0 Å². The van der Waals surface area contributed by atoms with Crippen molar-refractivity contribution in [2.45, 2.75) is 56.0 Å². The number of rotatable bonds is 8. The second kappa shape index (κ2) is 10.3. The summed E-state index contributed by atoms with van der Waals surface area (Å²) in [5.74, 6) is 1.14. The molecule has 0 N–H and O–H groups in total. The van der Waals surface area contributed by atoms with Crippen molar-refractivity contribution in [1.82, 2.24) is 9.80 Å². The number of halogens is 1. The van der Waals surface area contributed by atoms with Gasteiger partial charge < -0.3 is 14.7 Å². The minimum absolute atomic E-state index is 0.186. The first-order valence-electron chi connectivity index (χ1n) is 11.8. The van der Waals surface area contributed by atoms with Crippen LogP contribution in [0.2, 0.25) is 0 Å². The molecule has 6 heteroatoms. The van der Waals surface area contributed by atoms with E-state index in [0.29, 0.717) is 12.6 Å². The molecule has 2 heterocycles. The third kappa shape index (κ3) is 4.81. The molecule has 2 saturated heterocycles. The van der Waals surface area contributed by atoms with E-state index in [-0.39, 0.29) is 11.9 Å². The average Bonchev–Trinajstić information content (AvgIpc) is 3.11. The first-order valence-corrected chi connectivity index (χ1v) is 12.8. The molecule has 1 atom stereocenters. The normalized spacial score (nSPS) is 19.7. The number of hydrogen-bond acceptors (Lipinski definition) is 4. The molecule has 2 aliphatic rings. The van der Waals surface area contributed by atoms with Crippen LogP contribution in [0.3, 0.4) is 0 Å². The fourth-order valence-corrected chi connectivity index (χ4v) is 5.71. The lowest BCUT2D eigenvalue weighted by molar-refractivity contribution is -0.135. The molecule has 172 valence electrons. The van der Waals surface area contributed by atoms with Gasteiger partial charge in [-0.25, -0.2) is 4.39 Å². The third-order valence-electron chi connectivity index (χ3n) is 7.04. The minimum Gasteiger partial charge on any atom is -0.339 e. The highest BCUT2D eigenvalue weighted by molar-refractivity contribution is 7.99. The van der Waals surface area contributed by atoms with Crippen molar-refractivity contribution in [2.75, 3.05) is 37.0 Å². The number of hydrogen-bond donors (Lipinski definition) is 0. The lowest BCUT2D eigenvalue weighted by atomic mass is 9.85. The molecule has 0 aliphatic carbocycles. The number of carbonyl (C=O) groups excluding carboxylic acids is 1. The minimum atomic E-state index is -0.413. The van der Waals surface area contributed by atoms with Gasteiger partial charge in [-0.3, -0.25) is 4.79 Å². The Morgan fingerprint density at radius 3 is 2.41 bits per heavy atom. The summed E-state index contributed by atoms with van der Waals surface area (Å²) in [6.07, 6.45) is 3.81. The SMILES string of the molecule is CC[C@H](C)N1CN(c2ccccc2)C2(CCN(CCCSc3ccc(F)cc3)CC2)C1=O. The number of amides is 1. The molecule has 2 aromatic rings. The Bertz CT molecular complexity index is 884. The quantitative estimate of drug-likeness (QED) is 0.401. The number of piperidine rings is 1. The van der Waals surface area contributed by atoms with Crippen LogP contribution in [-0.2, 0) is 4.79 Å². The van der Waals surface area contributed by atoms with E-state index >= 15 is 0 Å². The van der Waals surface area contributed by atoms with Crippen molar-refractivity contribution >= 4 is 23.4 Å². The van der Waals surface area contributed by atoms with Crippen molar-refractivity contribution < 1.29 is 9.18 Å². The molecule has 4 rings (SSSR count). The first-order chi connectivity index (χ1) is 15.5. The molecule has 2 aliphatic heterocycles. The van der Waals surface area contributed by atoms with Gasteiger partial charge in [-0.1, -0.05) is 25.1 Å². The lowest BCUT2D eigenvalue weighted by Gasteiger charge is -2.43.